The lowest BCUT2D eigenvalue weighted by atomic mass is 10.1. The van der Waals surface area contributed by atoms with Crippen molar-refractivity contribution in [2.24, 2.45) is 0 Å². The molecule has 2 rings (SSSR count). The highest BCUT2D eigenvalue weighted by molar-refractivity contribution is 7.99. The fourth-order valence-electron chi connectivity index (χ4n) is 2.81. The molecule has 1 amide bonds. The second kappa shape index (κ2) is 9.11. The van der Waals surface area contributed by atoms with E-state index in [9.17, 15) is 4.79 Å². The van der Waals surface area contributed by atoms with E-state index in [0.29, 0.717) is 17.7 Å². The lowest BCUT2D eigenvalue weighted by Crippen LogP contribution is -2.37. The van der Waals surface area contributed by atoms with Gasteiger partial charge in [-0.2, -0.15) is 11.8 Å². The molecule has 3 nitrogen and oxygen atoms in total. The molecule has 21 heavy (non-hydrogen) atoms. The first-order valence-corrected chi connectivity index (χ1v) is 9.00. The van der Waals surface area contributed by atoms with E-state index in [1.54, 1.807) is 0 Å². The third-order valence-electron chi connectivity index (χ3n) is 3.89. The Balaban J connectivity index is 1.71. The molecule has 1 saturated heterocycles. The molecule has 0 bridgehead atoms. The summed E-state index contributed by atoms with van der Waals surface area (Å²) in [6.07, 6.45) is 3.97. The van der Waals surface area contributed by atoms with Gasteiger partial charge in [0.25, 0.3) is 0 Å². The van der Waals surface area contributed by atoms with E-state index in [1.807, 2.05) is 30.0 Å². The number of thioether (sulfide) groups is 1. The van der Waals surface area contributed by atoms with Gasteiger partial charge in [0.1, 0.15) is 0 Å². The van der Waals surface area contributed by atoms with Crippen LogP contribution in [0.1, 0.15) is 31.7 Å². The first kappa shape index (κ1) is 16.4. The highest BCUT2D eigenvalue weighted by atomic mass is 32.2. The quantitative estimate of drug-likeness (QED) is 0.776. The molecule has 1 aliphatic heterocycles. The molecule has 2 N–H and O–H groups in total. The minimum Gasteiger partial charge on any atom is -0.356 e. The van der Waals surface area contributed by atoms with Crippen LogP contribution in [0.15, 0.2) is 30.3 Å². The molecule has 1 aromatic carbocycles. The van der Waals surface area contributed by atoms with Crippen molar-refractivity contribution in [3.63, 3.8) is 0 Å². The molecule has 0 aromatic heterocycles. The normalized spacial score (nSPS) is 19.4. The van der Waals surface area contributed by atoms with Crippen molar-refractivity contribution in [2.45, 2.75) is 43.9 Å². The summed E-state index contributed by atoms with van der Waals surface area (Å²) in [6, 6.07) is 10.8. The van der Waals surface area contributed by atoms with Crippen LogP contribution < -0.4 is 10.6 Å². The zero-order valence-electron chi connectivity index (χ0n) is 12.8. The number of nitrogens with one attached hydrogen (secondary N) is 2. The van der Waals surface area contributed by atoms with Gasteiger partial charge >= 0.3 is 0 Å². The maximum absolute atomic E-state index is 12.1. The predicted octanol–water partition coefficient (Wildman–Crippen LogP) is 2.61. The van der Waals surface area contributed by atoms with Crippen molar-refractivity contribution in [3.05, 3.63) is 35.9 Å². The smallest absolute Gasteiger partial charge is 0.221 e. The summed E-state index contributed by atoms with van der Waals surface area (Å²) in [5.41, 5.74) is 1.27. The molecule has 1 aromatic rings. The van der Waals surface area contributed by atoms with Gasteiger partial charge in [-0.05, 0) is 37.1 Å². The second-order valence-electron chi connectivity index (χ2n) is 5.49. The average Bonchev–Trinajstić information content (AvgIpc) is 3.02. The third kappa shape index (κ3) is 5.71. The molecule has 2 unspecified atom stereocenters. The van der Waals surface area contributed by atoms with E-state index >= 15 is 0 Å². The lowest BCUT2D eigenvalue weighted by Gasteiger charge is -2.22. The molecule has 0 spiro atoms. The number of hydrogen-bond acceptors (Lipinski definition) is 3. The van der Waals surface area contributed by atoms with Crippen molar-refractivity contribution < 1.29 is 4.79 Å². The summed E-state index contributed by atoms with van der Waals surface area (Å²) in [5.74, 6) is 1.26. The van der Waals surface area contributed by atoms with Gasteiger partial charge < -0.3 is 10.6 Å². The minimum atomic E-state index is 0.186. The SMILES string of the molecule is CCSC(CC(=O)NCCc1ccccc1)C1CCCN1. The predicted molar refractivity (Wildman–Crippen MR) is 90.7 cm³/mol. The number of hydrogen-bond donors (Lipinski definition) is 2. The minimum absolute atomic E-state index is 0.186. The van der Waals surface area contributed by atoms with Crippen LogP contribution in [0.4, 0.5) is 0 Å². The van der Waals surface area contributed by atoms with Gasteiger partial charge in [-0.1, -0.05) is 37.3 Å². The monoisotopic (exact) mass is 306 g/mol. The van der Waals surface area contributed by atoms with Gasteiger partial charge in [0.05, 0.1) is 0 Å². The summed E-state index contributed by atoms with van der Waals surface area (Å²) in [4.78, 5) is 12.1. The molecule has 0 radical (unpaired) electrons. The highest BCUT2D eigenvalue weighted by Gasteiger charge is 2.26. The first-order chi connectivity index (χ1) is 10.3. The van der Waals surface area contributed by atoms with Crippen molar-refractivity contribution in [2.75, 3.05) is 18.8 Å². The largest absolute Gasteiger partial charge is 0.356 e. The Morgan fingerprint density at radius 1 is 1.43 bits per heavy atom. The molecule has 1 heterocycles. The summed E-state index contributed by atoms with van der Waals surface area (Å²) in [5, 5.41) is 7.00. The van der Waals surface area contributed by atoms with Crippen molar-refractivity contribution in [3.8, 4) is 0 Å². The van der Waals surface area contributed by atoms with Gasteiger partial charge in [0.15, 0.2) is 0 Å². The Morgan fingerprint density at radius 3 is 2.90 bits per heavy atom. The van der Waals surface area contributed by atoms with E-state index in [1.165, 1.54) is 18.4 Å². The maximum Gasteiger partial charge on any atom is 0.221 e. The van der Waals surface area contributed by atoms with Crippen molar-refractivity contribution >= 4 is 17.7 Å². The van der Waals surface area contributed by atoms with Crippen LogP contribution in [0.5, 0.6) is 0 Å². The van der Waals surface area contributed by atoms with E-state index in [4.69, 9.17) is 0 Å². The summed E-state index contributed by atoms with van der Waals surface area (Å²) < 4.78 is 0. The standard InChI is InChI=1S/C17H26N2OS/c1-2-21-16(15-9-6-11-18-15)13-17(20)19-12-10-14-7-4-3-5-8-14/h3-5,7-8,15-16,18H,2,6,9-13H2,1H3,(H,19,20). The number of carbonyl (C=O) groups excluding carboxylic acids is 1. The molecule has 2 atom stereocenters. The van der Waals surface area contributed by atoms with E-state index in [0.717, 1.165) is 25.3 Å². The fraction of sp³-hybridized carbons (Fsp3) is 0.588. The Labute approximate surface area is 132 Å². The Kier molecular flexibility index (Phi) is 7.10. The maximum atomic E-state index is 12.1. The molecule has 116 valence electrons. The van der Waals surface area contributed by atoms with Gasteiger partial charge in [0, 0.05) is 24.3 Å². The van der Waals surface area contributed by atoms with E-state index < -0.39 is 0 Å². The molecule has 1 fully saturated rings. The zero-order valence-corrected chi connectivity index (χ0v) is 13.6. The zero-order chi connectivity index (χ0) is 14.9. The Bertz CT molecular complexity index is 418. The van der Waals surface area contributed by atoms with E-state index in [2.05, 4.69) is 29.7 Å². The van der Waals surface area contributed by atoms with Crippen LogP contribution in [-0.2, 0) is 11.2 Å². The highest BCUT2D eigenvalue weighted by Crippen LogP contribution is 2.23. The average molecular weight is 306 g/mol. The number of amides is 1. The molecule has 1 aliphatic rings. The van der Waals surface area contributed by atoms with Crippen LogP contribution in [0.25, 0.3) is 0 Å². The summed E-state index contributed by atoms with van der Waals surface area (Å²) in [6.45, 7) is 3.99. The van der Waals surface area contributed by atoms with Gasteiger partial charge in [0.2, 0.25) is 5.91 Å². The van der Waals surface area contributed by atoms with Crippen LogP contribution in [0.3, 0.4) is 0 Å². The van der Waals surface area contributed by atoms with Crippen LogP contribution in [0.2, 0.25) is 0 Å². The van der Waals surface area contributed by atoms with Crippen molar-refractivity contribution in [1.29, 1.82) is 0 Å². The number of rotatable bonds is 8. The molecule has 0 aliphatic carbocycles. The molecule has 4 heteroatoms. The summed E-state index contributed by atoms with van der Waals surface area (Å²) in [7, 11) is 0. The topological polar surface area (TPSA) is 41.1 Å². The Morgan fingerprint density at radius 2 is 2.24 bits per heavy atom. The van der Waals surface area contributed by atoms with Crippen LogP contribution in [-0.4, -0.2) is 36.0 Å². The van der Waals surface area contributed by atoms with Crippen molar-refractivity contribution in [1.82, 2.24) is 10.6 Å². The second-order valence-corrected chi connectivity index (χ2v) is 7.00. The number of carbonyl (C=O) groups is 1. The Hall–Kier alpha value is -1.00. The molecular weight excluding hydrogens is 280 g/mol. The molecule has 0 saturated carbocycles. The van der Waals surface area contributed by atoms with Crippen LogP contribution >= 0.6 is 11.8 Å². The number of benzene rings is 1. The first-order valence-electron chi connectivity index (χ1n) is 7.95. The van der Waals surface area contributed by atoms with Gasteiger partial charge in [-0.3, -0.25) is 4.79 Å². The van der Waals surface area contributed by atoms with Crippen LogP contribution in [0, 0.1) is 0 Å². The fourth-order valence-corrected chi connectivity index (χ4v) is 3.97. The summed E-state index contributed by atoms with van der Waals surface area (Å²) >= 11 is 1.91. The van der Waals surface area contributed by atoms with Gasteiger partial charge in [-0.25, -0.2) is 0 Å². The third-order valence-corrected chi connectivity index (χ3v) is 5.15. The molecular formula is C17H26N2OS. The van der Waals surface area contributed by atoms with Gasteiger partial charge in [-0.15, -0.1) is 0 Å². The lowest BCUT2D eigenvalue weighted by molar-refractivity contribution is -0.121. The van der Waals surface area contributed by atoms with E-state index in [-0.39, 0.29) is 5.91 Å².